The van der Waals surface area contributed by atoms with E-state index in [2.05, 4.69) is 15.6 Å². The predicted octanol–water partition coefficient (Wildman–Crippen LogP) is 3.17. The van der Waals surface area contributed by atoms with E-state index >= 15 is 0 Å². The van der Waals surface area contributed by atoms with Gasteiger partial charge < -0.3 is 10.6 Å². The van der Waals surface area contributed by atoms with E-state index < -0.39 is 0 Å². The van der Waals surface area contributed by atoms with Crippen LogP contribution in [0.4, 0.5) is 4.79 Å². The standard InChI is InChI=1S/C22H32N4O2/c27-20-10-19(18-3-1-2-4-18)24-14-26(20)6-5-23-21(28)25-22-11-15-7-16(12-22)9-17(8-15)13-22/h10,14-18H,1-9,11-13H2,(H2,23,25,28). The number of nitrogens with zero attached hydrogens (tertiary/aromatic N) is 2. The molecule has 2 N–H and O–H groups in total. The topological polar surface area (TPSA) is 76.0 Å². The van der Waals surface area contributed by atoms with Gasteiger partial charge in [-0.05, 0) is 69.1 Å². The first-order valence-electron chi connectivity index (χ1n) is 11.2. The lowest BCUT2D eigenvalue weighted by Crippen LogP contribution is -2.61. The van der Waals surface area contributed by atoms with E-state index in [-0.39, 0.29) is 17.1 Å². The van der Waals surface area contributed by atoms with Crippen molar-refractivity contribution in [3.8, 4) is 0 Å². The van der Waals surface area contributed by atoms with Crippen LogP contribution in [0.3, 0.4) is 0 Å². The largest absolute Gasteiger partial charge is 0.336 e. The van der Waals surface area contributed by atoms with Crippen molar-refractivity contribution in [1.29, 1.82) is 0 Å². The molecule has 2 amide bonds. The lowest BCUT2D eigenvalue weighted by molar-refractivity contribution is -0.0135. The highest BCUT2D eigenvalue weighted by atomic mass is 16.2. The highest BCUT2D eigenvalue weighted by Crippen LogP contribution is 2.55. The molecule has 0 unspecified atom stereocenters. The monoisotopic (exact) mass is 384 g/mol. The zero-order chi connectivity index (χ0) is 19.1. The van der Waals surface area contributed by atoms with Crippen LogP contribution in [0.2, 0.25) is 0 Å². The first-order valence-corrected chi connectivity index (χ1v) is 11.2. The number of nitrogens with one attached hydrogen (secondary N) is 2. The molecule has 0 aromatic carbocycles. The van der Waals surface area contributed by atoms with Crippen LogP contribution >= 0.6 is 0 Å². The molecule has 0 aliphatic heterocycles. The molecule has 1 aromatic heterocycles. The molecule has 0 atom stereocenters. The Kier molecular flexibility index (Phi) is 4.68. The Labute approximate surface area is 166 Å². The molecule has 6 nitrogen and oxygen atoms in total. The first kappa shape index (κ1) is 18.2. The highest BCUT2D eigenvalue weighted by Gasteiger charge is 2.51. The Morgan fingerprint density at radius 1 is 1.11 bits per heavy atom. The maximum atomic E-state index is 12.5. The van der Waals surface area contributed by atoms with Crippen LogP contribution in [-0.4, -0.2) is 27.7 Å². The smallest absolute Gasteiger partial charge is 0.315 e. The minimum absolute atomic E-state index is 0.0137. The molecule has 0 saturated heterocycles. The van der Waals surface area contributed by atoms with Crippen molar-refractivity contribution in [2.24, 2.45) is 17.8 Å². The summed E-state index contributed by atoms with van der Waals surface area (Å²) in [5.41, 5.74) is 0.951. The molecule has 1 heterocycles. The lowest BCUT2D eigenvalue weighted by atomic mass is 9.53. The molecular formula is C22H32N4O2. The first-order chi connectivity index (χ1) is 13.6. The second kappa shape index (κ2) is 7.20. The van der Waals surface area contributed by atoms with Crippen molar-refractivity contribution < 1.29 is 4.79 Å². The fraction of sp³-hybridized carbons (Fsp3) is 0.773. The van der Waals surface area contributed by atoms with Crippen LogP contribution in [0.5, 0.6) is 0 Å². The second-order valence-electron chi connectivity index (χ2n) is 9.91. The third-order valence-electron chi connectivity index (χ3n) is 7.73. The molecule has 5 aliphatic rings. The third kappa shape index (κ3) is 3.58. The van der Waals surface area contributed by atoms with Crippen molar-refractivity contribution in [2.75, 3.05) is 6.54 Å². The summed E-state index contributed by atoms with van der Waals surface area (Å²) in [5.74, 6) is 2.89. The number of urea groups is 1. The van der Waals surface area contributed by atoms with Crippen LogP contribution < -0.4 is 16.2 Å². The second-order valence-corrected chi connectivity index (χ2v) is 9.91. The zero-order valence-electron chi connectivity index (χ0n) is 16.7. The number of hydrogen-bond donors (Lipinski definition) is 2. The molecule has 6 heteroatoms. The van der Waals surface area contributed by atoms with Gasteiger partial charge in [-0.2, -0.15) is 0 Å². The van der Waals surface area contributed by atoms with Gasteiger partial charge in [-0.25, -0.2) is 9.78 Å². The van der Waals surface area contributed by atoms with E-state index in [1.54, 1.807) is 17.0 Å². The molecule has 0 radical (unpaired) electrons. The van der Waals surface area contributed by atoms with Crippen molar-refractivity contribution in [3.63, 3.8) is 0 Å². The molecule has 1 aromatic rings. The molecule has 152 valence electrons. The lowest BCUT2D eigenvalue weighted by Gasteiger charge is -2.56. The molecule has 5 fully saturated rings. The molecule has 28 heavy (non-hydrogen) atoms. The van der Waals surface area contributed by atoms with E-state index in [4.69, 9.17) is 0 Å². The van der Waals surface area contributed by atoms with Gasteiger partial charge in [0, 0.05) is 30.6 Å². The van der Waals surface area contributed by atoms with Crippen LogP contribution in [0.25, 0.3) is 0 Å². The van der Waals surface area contributed by atoms with Gasteiger partial charge in [0.2, 0.25) is 0 Å². The SMILES string of the molecule is O=C(NCCn1cnc(C2CCCC2)cc1=O)NC12CC3CC(CC(C3)C1)C2. The van der Waals surface area contributed by atoms with Crippen molar-refractivity contribution >= 4 is 6.03 Å². The van der Waals surface area contributed by atoms with Crippen LogP contribution in [-0.2, 0) is 6.54 Å². The molecule has 5 saturated carbocycles. The number of aromatic nitrogens is 2. The van der Waals surface area contributed by atoms with Gasteiger partial charge in [-0.3, -0.25) is 9.36 Å². The molecular weight excluding hydrogens is 352 g/mol. The highest BCUT2D eigenvalue weighted by molar-refractivity contribution is 5.74. The van der Waals surface area contributed by atoms with Gasteiger partial charge in [0.15, 0.2) is 0 Å². The van der Waals surface area contributed by atoms with Gasteiger partial charge in [0.1, 0.15) is 0 Å². The van der Waals surface area contributed by atoms with Crippen molar-refractivity contribution in [2.45, 2.75) is 82.2 Å². The minimum Gasteiger partial charge on any atom is -0.336 e. The van der Waals surface area contributed by atoms with Gasteiger partial charge in [-0.15, -0.1) is 0 Å². The Hall–Kier alpha value is -1.85. The third-order valence-corrected chi connectivity index (χ3v) is 7.73. The van der Waals surface area contributed by atoms with Crippen LogP contribution in [0, 0.1) is 17.8 Å². The number of hydrogen-bond acceptors (Lipinski definition) is 3. The fourth-order valence-electron chi connectivity index (χ4n) is 6.89. The average molecular weight is 385 g/mol. The Balaban J connectivity index is 1.13. The summed E-state index contributed by atoms with van der Waals surface area (Å²) < 4.78 is 1.60. The number of carbonyl (C=O) groups excluding carboxylic acids is 1. The van der Waals surface area contributed by atoms with E-state index in [1.165, 1.54) is 32.1 Å². The fourth-order valence-corrected chi connectivity index (χ4v) is 6.89. The quantitative estimate of drug-likeness (QED) is 0.819. The van der Waals surface area contributed by atoms with Gasteiger partial charge in [-0.1, -0.05) is 12.8 Å². The normalized spacial score (nSPS) is 33.9. The summed E-state index contributed by atoms with van der Waals surface area (Å²) in [7, 11) is 0. The minimum atomic E-state index is -0.0782. The molecule has 6 rings (SSSR count). The maximum absolute atomic E-state index is 12.5. The maximum Gasteiger partial charge on any atom is 0.315 e. The summed E-state index contributed by atoms with van der Waals surface area (Å²) in [4.78, 5) is 29.4. The van der Waals surface area contributed by atoms with Gasteiger partial charge in [0.05, 0.1) is 12.0 Å². The number of amides is 2. The van der Waals surface area contributed by atoms with Crippen molar-refractivity contribution in [3.05, 3.63) is 28.4 Å². The van der Waals surface area contributed by atoms with Crippen LogP contribution in [0.1, 0.15) is 75.8 Å². The Morgan fingerprint density at radius 3 is 2.36 bits per heavy atom. The predicted molar refractivity (Wildman–Crippen MR) is 107 cm³/mol. The Morgan fingerprint density at radius 2 is 1.75 bits per heavy atom. The van der Waals surface area contributed by atoms with E-state index in [1.807, 2.05) is 0 Å². The molecule has 0 spiro atoms. The van der Waals surface area contributed by atoms with Crippen LogP contribution in [0.15, 0.2) is 17.2 Å². The van der Waals surface area contributed by atoms with E-state index in [0.717, 1.165) is 55.6 Å². The number of carbonyl (C=O) groups is 1. The summed E-state index contributed by atoms with van der Waals surface area (Å²) in [6, 6.07) is 1.61. The van der Waals surface area contributed by atoms with Crippen molar-refractivity contribution in [1.82, 2.24) is 20.2 Å². The molecule has 5 aliphatic carbocycles. The van der Waals surface area contributed by atoms with Gasteiger partial charge >= 0.3 is 6.03 Å². The zero-order valence-corrected chi connectivity index (χ0v) is 16.7. The Bertz CT molecular complexity index is 761. The summed E-state index contributed by atoms with van der Waals surface area (Å²) >= 11 is 0. The summed E-state index contributed by atoms with van der Waals surface area (Å²) in [5, 5.41) is 6.28. The summed E-state index contributed by atoms with van der Waals surface area (Å²) in [6.07, 6.45) is 14.0. The van der Waals surface area contributed by atoms with E-state index in [0.29, 0.717) is 19.0 Å². The number of rotatable bonds is 5. The van der Waals surface area contributed by atoms with Gasteiger partial charge in [0.25, 0.3) is 5.56 Å². The average Bonchev–Trinajstić information content (AvgIpc) is 3.16. The molecule has 4 bridgehead atoms. The van der Waals surface area contributed by atoms with E-state index in [9.17, 15) is 9.59 Å². The summed E-state index contributed by atoms with van der Waals surface area (Å²) in [6.45, 7) is 0.910.